The van der Waals surface area contributed by atoms with Crippen molar-refractivity contribution >= 4 is 21.4 Å². The number of nitrogens with zero attached hydrogens (tertiary/aromatic N) is 2. The summed E-state index contributed by atoms with van der Waals surface area (Å²) in [6.07, 6.45) is 1.19. The third-order valence-corrected chi connectivity index (χ3v) is 6.08. The molecule has 0 bridgehead atoms. The second kappa shape index (κ2) is 4.51. The molecular weight excluding hydrogens is 274 g/mol. The number of halogens is 1. The van der Waals surface area contributed by atoms with Gasteiger partial charge in [0.15, 0.2) is 9.84 Å². The summed E-state index contributed by atoms with van der Waals surface area (Å²) < 4.78 is 24.9. The minimum Gasteiger partial charge on any atom is -0.330 e. The number of rotatable bonds is 3. The van der Waals surface area contributed by atoms with E-state index in [0.29, 0.717) is 24.5 Å². The van der Waals surface area contributed by atoms with E-state index in [9.17, 15) is 8.42 Å². The normalized spacial score (nSPS) is 26.7. The first-order valence-electron chi connectivity index (χ1n) is 5.87. The van der Waals surface area contributed by atoms with E-state index in [4.69, 9.17) is 17.3 Å². The number of aryl methyl sites for hydroxylation is 2. The van der Waals surface area contributed by atoms with Gasteiger partial charge in [0.25, 0.3) is 0 Å². The molecule has 0 aromatic carbocycles. The van der Waals surface area contributed by atoms with Crippen LogP contribution in [0.5, 0.6) is 0 Å². The van der Waals surface area contributed by atoms with E-state index in [2.05, 4.69) is 5.10 Å². The molecule has 0 amide bonds. The molecule has 7 heteroatoms. The predicted molar refractivity (Wildman–Crippen MR) is 71.4 cm³/mol. The molecule has 2 N–H and O–H groups in total. The topological polar surface area (TPSA) is 78.0 Å². The van der Waals surface area contributed by atoms with Gasteiger partial charge in [-0.1, -0.05) is 11.6 Å². The van der Waals surface area contributed by atoms with Gasteiger partial charge in [-0.3, -0.25) is 4.68 Å². The molecule has 0 saturated carbocycles. The molecule has 1 aromatic heterocycles. The zero-order valence-electron chi connectivity index (χ0n) is 10.6. The van der Waals surface area contributed by atoms with Crippen molar-refractivity contribution in [1.82, 2.24) is 9.78 Å². The standard InChI is InChI=1S/C11H18ClN3O2S/c1-8-9(10(12)15(2)14-8)5-11(6-13)3-4-18(16,17)7-11/h3-7,13H2,1-2H3. The second-order valence-electron chi connectivity index (χ2n) is 5.20. The van der Waals surface area contributed by atoms with Crippen molar-refractivity contribution < 1.29 is 8.42 Å². The fraction of sp³-hybridized carbons (Fsp3) is 0.727. The Morgan fingerprint density at radius 2 is 2.22 bits per heavy atom. The van der Waals surface area contributed by atoms with E-state index in [1.54, 1.807) is 11.7 Å². The van der Waals surface area contributed by atoms with Crippen LogP contribution in [-0.4, -0.2) is 36.2 Å². The minimum atomic E-state index is -2.96. The van der Waals surface area contributed by atoms with Gasteiger partial charge in [0, 0.05) is 18.0 Å². The number of aromatic nitrogens is 2. The lowest BCUT2D eigenvalue weighted by molar-refractivity contribution is 0.344. The maximum absolute atomic E-state index is 11.7. The Bertz CT molecular complexity index is 567. The van der Waals surface area contributed by atoms with Crippen LogP contribution in [0, 0.1) is 12.3 Å². The van der Waals surface area contributed by atoms with Gasteiger partial charge >= 0.3 is 0 Å². The average Bonchev–Trinajstić information content (AvgIpc) is 2.72. The van der Waals surface area contributed by atoms with Crippen molar-refractivity contribution in [2.45, 2.75) is 19.8 Å². The summed E-state index contributed by atoms with van der Waals surface area (Å²) in [6, 6.07) is 0. The molecule has 1 atom stereocenters. The smallest absolute Gasteiger partial charge is 0.150 e. The third-order valence-electron chi connectivity index (χ3n) is 3.72. The van der Waals surface area contributed by atoms with Gasteiger partial charge in [-0.2, -0.15) is 5.10 Å². The molecule has 102 valence electrons. The maximum Gasteiger partial charge on any atom is 0.150 e. The van der Waals surface area contributed by atoms with E-state index in [1.807, 2.05) is 6.92 Å². The summed E-state index contributed by atoms with van der Waals surface area (Å²) in [5.74, 6) is 0.377. The van der Waals surface area contributed by atoms with Crippen molar-refractivity contribution in [2.24, 2.45) is 18.2 Å². The van der Waals surface area contributed by atoms with Crippen molar-refractivity contribution in [1.29, 1.82) is 0 Å². The molecule has 1 unspecified atom stereocenters. The van der Waals surface area contributed by atoms with Crippen molar-refractivity contribution in [3.63, 3.8) is 0 Å². The van der Waals surface area contributed by atoms with Crippen LogP contribution in [0.25, 0.3) is 0 Å². The molecule has 0 spiro atoms. The van der Waals surface area contributed by atoms with Crippen molar-refractivity contribution in [3.05, 3.63) is 16.4 Å². The Labute approximate surface area is 112 Å². The lowest BCUT2D eigenvalue weighted by Gasteiger charge is -2.25. The third kappa shape index (κ3) is 2.41. The van der Waals surface area contributed by atoms with E-state index in [0.717, 1.165) is 11.3 Å². The number of hydrogen-bond donors (Lipinski definition) is 1. The largest absolute Gasteiger partial charge is 0.330 e. The summed E-state index contributed by atoms with van der Waals surface area (Å²) in [5.41, 5.74) is 7.20. The lowest BCUT2D eigenvalue weighted by Crippen LogP contribution is -2.34. The number of hydrogen-bond acceptors (Lipinski definition) is 4. The molecule has 0 aliphatic carbocycles. The molecule has 5 nitrogen and oxygen atoms in total. The molecular formula is C11H18ClN3O2S. The fourth-order valence-electron chi connectivity index (χ4n) is 2.61. The van der Waals surface area contributed by atoms with Crippen molar-refractivity contribution in [3.8, 4) is 0 Å². The Kier molecular flexibility index (Phi) is 3.46. The van der Waals surface area contributed by atoms with E-state index in [-0.39, 0.29) is 16.9 Å². The van der Waals surface area contributed by atoms with Gasteiger partial charge in [0.1, 0.15) is 5.15 Å². The Morgan fingerprint density at radius 1 is 1.56 bits per heavy atom. The molecule has 1 saturated heterocycles. The van der Waals surface area contributed by atoms with Gasteiger partial charge in [0.05, 0.1) is 17.2 Å². The molecule has 0 radical (unpaired) electrons. The van der Waals surface area contributed by atoms with E-state index in [1.165, 1.54) is 0 Å². The van der Waals surface area contributed by atoms with Crippen LogP contribution < -0.4 is 5.73 Å². The molecule has 1 aromatic rings. The highest BCUT2D eigenvalue weighted by Crippen LogP contribution is 2.37. The van der Waals surface area contributed by atoms with Gasteiger partial charge < -0.3 is 5.73 Å². The summed E-state index contributed by atoms with van der Waals surface area (Å²) >= 11 is 6.19. The summed E-state index contributed by atoms with van der Waals surface area (Å²) in [6.45, 7) is 2.24. The van der Waals surface area contributed by atoms with Crippen LogP contribution in [0.4, 0.5) is 0 Å². The molecule has 1 aliphatic rings. The SMILES string of the molecule is Cc1nn(C)c(Cl)c1CC1(CN)CCS(=O)(=O)C1. The Hall–Kier alpha value is -0.590. The first-order valence-corrected chi connectivity index (χ1v) is 8.07. The summed E-state index contributed by atoms with van der Waals surface area (Å²) in [7, 11) is -1.18. The number of sulfone groups is 1. The molecule has 1 aliphatic heterocycles. The molecule has 2 rings (SSSR count). The van der Waals surface area contributed by atoms with E-state index < -0.39 is 9.84 Å². The van der Waals surface area contributed by atoms with E-state index >= 15 is 0 Å². The van der Waals surface area contributed by atoms with Gasteiger partial charge in [0.2, 0.25) is 0 Å². The summed E-state index contributed by atoms with van der Waals surface area (Å²) in [5, 5.41) is 4.82. The van der Waals surface area contributed by atoms with Crippen LogP contribution in [0.2, 0.25) is 5.15 Å². The average molecular weight is 292 g/mol. The molecule has 18 heavy (non-hydrogen) atoms. The van der Waals surface area contributed by atoms with Gasteiger partial charge in [-0.05, 0) is 26.3 Å². The van der Waals surface area contributed by atoms with Crippen LogP contribution in [-0.2, 0) is 23.3 Å². The fourth-order valence-corrected chi connectivity index (χ4v) is 5.03. The number of nitrogens with two attached hydrogens (primary N) is 1. The molecule has 2 heterocycles. The summed E-state index contributed by atoms with van der Waals surface area (Å²) in [4.78, 5) is 0. The predicted octanol–water partition coefficient (Wildman–Crippen LogP) is 0.688. The van der Waals surface area contributed by atoms with Gasteiger partial charge in [-0.15, -0.1) is 0 Å². The van der Waals surface area contributed by atoms with Crippen molar-refractivity contribution in [2.75, 3.05) is 18.1 Å². The first kappa shape index (κ1) is 13.8. The Morgan fingerprint density at radius 3 is 2.61 bits per heavy atom. The van der Waals surface area contributed by atoms with Gasteiger partial charge in [-0.25, -0.2) is 8.42 Å². The highest BCUT2D eigenvalue weighted by Gasteiger charge is 2.42. The van der Waals surface area contributed by atoms with Crippen LogP contribution in [0.15, 0.2) is 0 Å². The molecule has 1 fully saturated rings. The second-order valence-corrected chi connectivity index (χ2v) is 7.74. The van der Waals surface area contributed by atoms with Crippen LogP contribution in [0.1, 0.15) is 17.7 Å². The van der Waals surface area contributed by atoms with Crippen LogP contribution in [0.3, 0.4) is 0 Å². The highest BCUT2D eigenvalue weighted by molar-refractivity contribution is 7.91. The monoisotopic (exact) mass is 291 g/mol. The Balaban J connectivity index is 2.32. The minimum absolute atomic E-state index is 0.154. The lowest BCUT2D eigenvalue weighted by atomic mass is 9.81. The highest BCUT2D eigenvalue weighted by atomic mass is 35.5. The first-order chi connectivity index (χ1) is 8.29. The quantitative estimate of drug-likeness (QED) is 0.889. The van der Waals surface area contributed by atoms with Crippen LogP contribution >= 0.6 is 11.6 Å². The maximum atomic E-state index is 11.7. The zero-order valence-corrected chi connectivity index (χ0v) is 12.2. The zero-order chi connectivity index (χ0) is 13.6.